The number of pyridine rings is 1. The topological polar surface area (TPSA) is 45.2 Å². The Kier molecular flexibility index (Phi) is 4.51. The minimum atomic E-state index is -4.35. The first-order valence-corrected chi connectivity index (χ1v) is 6.72. The van der Waals surface area contributed by atoms with E-state index >= 15 is 0 Å². The Hall–Kier alpha value is -1.63. The van der Waals surface area contributed by atoms with Crippen LogP contribution in [-0.2, 0) is 11.3 Å². The van der Waals surface area contributed by atoms with E-state index in [9.17, 15) is 18.0 Å². The zero-order valence-corrected chi connectivity index (χ0v) is 11.9. The maximum Gasteiger partial charge on any atom is 0.393 e. The highest BCUT2D eigenvalue weighted by molar-refractivity contribution is 5.79. The number of halogens is 3. The maximum absolute atomic E-state index is 13.0. The molecule has 116 valence electrons. The Balaban J connectivity index is 2.01. The van der Waals surface area contributed by atoms with Gasteiger partial charge in [0.15, 0.2) is 0 Å². The number of alkyl halides is 3. The molecule has 1 N–H and O–H groups in total. The number of nitrogens with zero attached hydrogens (tertiary/aromatic N) is 2. The SMILES string of the molecule is Cc1cccnc1CNC(=O)[C@@H]1CN(C)C[C@H]1C(F)(F)F. The van der Waals surface area contributed by atoms with Crippen LogP contribution in [0.5, 0.6) is 0 Å². The summed E-state index contributed by atoms with van der Waals surface area (Å²) in [5.74, 6) is -3.22. The van der Waals surface area contributed by atoms with Gasteiger partial charge in [-0.2, -0.15) is 13.2 Å². The van der Waals surface area contributed by atoms with Gasteiger partial charge in [0.2, 0.25) is 5.91 Å². The molecule has 1 aromatic rings. The number of hydrogen-bond donors (Lipinski definition) is 1. The van der Waals surface area contributed by atoms with Crippen molar-refractivity contribution in [3.8, 4) is 0 Å². The monoisotopic (exact) mass is 301 g/mol. The summed E-state index contributed by atoms with van der Waals surface area (Å²) in [6.07, 6.45) is -2.76. The summed E-state index contributed by atoms with van der Waals surface area (Å²) in [7, 11) is 1.59. The van der Waals surface area contributed by atoms with Crippen molar-refractivity contribution in [3.63, 3.8) is 0 Å². The van der Waals surface area contributed by atoms with Crippen molar-refractivity contribution < 1.29 is 18.0 Å². The molecule has 7 heteroatoms. The van der Waals surface area contributed by atoms with E-state index in [1.54, 1.807) is 19.3 Å². The Morgan fingerprint density at radius 3 is 2.81 bits per heavy atom. The number of amides is 1. The van der Waals surface area contributed by atoms with Crippen LogP contribution in [0.4, 0.5) is 13.2 Å². The molecule has 1 aliphatic heterocycles. The second-order valence-electron chi connectivity index (χ2n) is 5.46. The van der Waals surface area contributed by atoms with Crippen molar-refractivity contribution in [2.24, 2.45) is 11.8 Å². The second kappa shape index (κ2) is 6.01. The first kappa shape index (κ1) is 15.8. The minimum Gasteiger partial charge on any atom is -0.350 e. The highest BCUT2D eigenvalue weighted by atomic mass is 19.4. The number of likely N-dealkylation sites (tertiary alicyclic amines) is 1. The van der Waals surface area contributed by atoms with E-state index in [2.05, 4.69) is 10.3 Å². The number of aryl methyl sites for hydroxylation is 1. The number of aromatic nitrogens is 1. The number of carbonyl (C=O) groups is 1. The predicted octanol–water partition coefficient (Wildman–Crippen LogP) is 1.75. The van der Waals surface area contributed by atoms with E-state index in [0.29, 0.717) is 5.69 Å². The van der Waals surface area contributed by atoms with Crippen molar-refractivity contribution in [1.82, 2.24) is 15.2 Å². The molecule has 1 saturated heterocycles. The maximum atomic E-state index is 13.0. The van der Waals surface area contributed by atoms with Crippen molar-refractivity contribution >= 4 is 5.91 Å². The smallest absolute Gasteiger partial charge is 0.350 e. The molecule has 1 aliphatic rings. The molecule has 1 aromatic heterocycles. The fraction of sp³-hybridized carbons (Fsp3) is 0.571. The van der Waals surface area contributed by atoms with E-state index in [1.165, 1.54) is 4.90 Å². The van der Waals surface area contributed by atoms with E-state index in [0.717, 1.165) is 5.56 Å². The molecule has 0 unspecified atom stereocenters. The lowest BCUT2D eigenvalue weighted by Crippen LogP contribution is -2.40. The van der Waals surface area contributed by atoms with Gasteiger partial charge < -0.3 is 10.2 Å². The summed E-state index contributed by atoms with van der Waals surface area (Å²) in [4.78, 5) is 17.7. The molecule has 4 nitrogen and oxygen atoms in total. The molecular weight excluding hydrogens is 283 g/mol. The highest BCUT2D eigenvalue weighted by Gasteiger charge is 2.51. The van der Waals surface area contributed by atoms with Gasteiger partial charge in [-0.05, 0) is 25.6 Å². The Bertz CT molecular complexity index is 518. The van der Waals surface area contributed by atoms with Crippen molar-refractivity contribution in [3.05, 3.63) is 29.6 Å². The van der Waals surface area contributed by atoms with Gasteiger partial charge in [0.1, 0.15) is 0 Å². The van der Waals surface area contributed by atoms with Gasteiger partial charge in [-0.1, -0.05) is 6.07 Å². The van der Waals surface area contributed by atoms with Crippen LogP contribution in [0.15, 0.2) is 18.3 Å². The third-order valence-electron chi connectivity index (χ3n) is 3.81. The summed E-state index contributed by atoms with van der Waals surface area (Å²) in [6, 6.07) is 3.61. The fourth-order valence-corrected chi connectivity index (χ4v) is 2.60. The van der Waals surface area contributed by atoms with E-state index in [-0.39, 0.29) is 19.6 Å². The second-order valence-corrected chi connectivity index (χ2v) is 5.46. The molecule has 1 amide bonds. The molecule has 0 saturated carbocycles. The van der Waals surface area contributed by atoms with E-state index < -0.39 is 23.9 Å². The van der Waals surface area contributed by atoms with Gasteiger partial charge in [-0.25, -0.2) is 0 Å². The van der Waals surface area contributed by atoms with Gasteiger partial charge in [0, 0.05) is 19.3 Å². The van der Waals surface area contributed by atoms with Crippen molar-refractivity contribution in [2.75, 3.05) is 20.1 Å². The third-order valence-corrected chi connectivity index (χ3v) is 3.81. The van der Waals surface area contributed by atoms with Crippen LogP contribution in [0.2, 0.25) is 0 Å². The molecule has 0 spiro atoms. The lowest BCUT2D eigenvalue weighted by molar-refractivity contribution is -0.183. The molecular formula is C14H18F3N3O. The quantitative estimate of drug-likeness (QED) is 0.925. The Morgan fingerprint density at radius 1 is 1.48 bits per heavy atom. The summed E-state index contributed by atoms with van der Waals surface area (Å²) < 4.78 is 38.9. The van der Waals surface area contributed by atoms with Gasteiger partial charge >= 0.3 is 6.18 Å². The van der Waals surface area contributed by atoms with Crippen LogP contribution >= 0.6 is 0 Å². The van der Waals surface area contributed by atoms with Crippen LogP contribution in [-0.4, -0.2) is 42.1 Å². The first-order valence-electron chi connectivity index (χ1n) is 6.72. The first-order chi connectivity index (χ1) is 9.79. The number of nitrogens with one attached hydrogen (secondary N) is 1. The standard InChI is InChI=1S/C14H18F3N3O/c1-9-4-3-5-18-12(9)6-19-13(21)10-7-20(2)8-11(10)14(15,16)17/h3-5,10-11H,6-8H2,1-2H3,(H,19,21)/t10-,11-/m1/s1. The molecule has 0 aromatic carbocycles. The summed E-state index contributed by atoms with van der Waals surface area (Å²) >= 11 is 0. The van der Waals surface area contributed by atoms with Crippen LogP contribution < -0.4 is 5.32 Å². The fourth-order valence-electron chi connectivity index (χ4n) is 2.60. The van der Waals surface area contributed by atoms with Crippen LogP contribution in [0.25, 0.3) is 0 Å². The average Bonchev–Trinajstić information content (AvgIpc) is 2.80. The molecule has 2 heterocycles. The zero-order chi connectivity index (χ0) is 15.6. The lowest BCUT2D eigenvalue weighted by Gasteiger charge is -2.20. The number of rotatable bonds is 3. The summed E-state index contributed by atoms with van der Waals surface area (Å²) in [5.41, 5.74) is 1.56. The van der Waals surface area contributed by atoms with Crippen LogP contribution in [0.3, 0.4) is 0 Å². The van der Waals surface area contributed by atoms with Crippen LogP contribution in [0, 0.1) is 18.8 Å². The molecule has 0 bridgehead atoms. The van der Waals surface area contributed by atoms with E-state index in [4.69, 9.17) is 0 Å². The lowest BCUT2D eigenvalue weighted by atomic mass is 9.94. The average molecular weight is 301 g/mol. The molecule has 0 aliphatic carbocycles. The molecule has 0 radical (unpaired) electrons. The molecule has 2 rings (SSSR count). The number of carbonyl (C=O) groups excluding carboxylic acids is 1. The van der Waals surface area contributed by atoms with Gasteiger partial charge in [-0.3, -0.25) is 9.78 Å². The van der Waals surface area contributed by atoms with Gasteiger partial charge in [0.25, 0.3) is 0 Å². The Morgan fingerprint density at radius 2 is 2.19 bits per heavy atom. The van der Waals surface area contributed by atoms with Gasteiger partial charge in [0.05, 0.1) is 24.1 Å². The van der Waals surface area contributed by atoms with Gasteiger partial charge in [-0.15, -0.1) is 0 Å². The Labute approximate surface area is 121 Å². The van der Waals surface area contributed by atoms with E-state index in [1.807, 2.05) is 13.0 Å². The summed E-state index contributed by atoms with van der Waals surface area (Å²) in [5, 5.41) is 2.58. The normalized spacial score (nSPS) is 23.3. The largest absolute Gasteiger partial charge is 0.393 e. The third kappa shape index (κ3) is 3.72. The van der Waals surface area contributed by atoms with Crippen LogP contribution in [0.1, 0.15) is 11.3 Å². The summed E-state index contributed by atoms with van der Waals surface area (Å²) in [6.45, 7) is 1.98. The molecule has 21 heavy (non-hydrogen) atoms. The molecule has 2 atom stereocenters. The van der Waals surface area contributed by atoms with Crippen molar-refractivity contribution in [2.45, 2.75) is 19.6 Å². The highest BCUT2D eigenvalue weighted by Crippen LogP contribution is 2.37. The van der Waals surface area contributed by atoms with Crippen molar-refractivity contribution in [1.29, 1.82) is 0 Å². The molecule has 1 fully saturated rings. The number of hydrogen-bond acceptors (Lipinski definition) is 3. The zero-order valence-electron chi connectivity index (χ0n) is 11.9. The minimum absolute atomic E-state index is 0.122. The predicted molar refractivity (Wildman–Crippen MR) is 71.4 cm³/mol.